The van der Waals surface area contributed by atoms with Crippen molar-refractivity contribution in [3.8, 4) is 0 Å². The smallest absolute Gasteiger partial charge is 0.308 e. The zero-order valence-corrected chi connectivity index (χ0v) is 15.2. The van der Waals surface area contributed by atoms with Gasteiger partial charge in [-0.05, 0) is 28.5 Å². The van der Waals surface area contributed by atoms with Crippen LogP contribution < -0.4 is 5.32 Å². The van der Waals surface area contributed by atoms with Gasteiger partial charge >= 0.3 is 6.03 Å². The summed E-state index contributed by atoms with van der Waals surface area (Å²) >= 11 is 1.61. The van der Waals surface area contributed by atoms with E-state index in [4.69, 9.17) is 0 Å². The van der Waals surface area contributed by atoms with Crippen molar-refractivity contribution in [1.29, 1.82) is 0 Å². The zero-order chi connectivity index (χ0) is 18.8. The summed E-state index contributed by atoms with van der Waals surface area (Å²) in [7, 11) is 0. The Hall–Kier alpha value is -3.06. The molecule has 0 unspecified atom stereocenters. The number of anilines is 1. The number of nitrogens with one attached hydrogen (secondary N) is 1. The van der Waals surface area contributed by atoms with Crippen LogP contribution in [0.4, 0.5) is 16.2 Å². The number of amides is 2. The number of thioether (sulfide) groups is 1. The molecule has 1 saturated heterocycles. The highest BCUT2D eigenvalue weighted by molar-refractivity contribution is 7.99. The van der Waals surface area contributed by atoms with Crippen molar-refractivity contribution in [3.63, 3.8) is 0 Å². The lowest BCUT2D eigenvalue weighted by Gasteiger charge is -2.24. The summed E-state index contributed by atoms with van der Waals surface area (Å²) in [6.07, 6.45) is 0. The van der Waals surface area contributed by atoms with Gasteiger partial charge in [0.05, 0.1) is 4.92 Å². The summed E-state index contributed by atoms with van der Waals surface area (Å²) < 4.78 is 0. The van der Waals surface area contributed by atoms with Crippen LogP contribution in [0.3, 0.4) is 0 Å². The molecule has 1 heterocycles. The standard InChI is InChI=1S/C20H17N3O3S/c24-20(21-17-9-8-14-4-1-2-5-15(14)12-17)22-10-11-27-19(22)16-6-3-7-18(13-16)23(25)26/h1-9,12-13,19H,10-11H2,(H,21,24)/t19-/m0/s1. The topological polar surface area (TPSA) is 75.5 Å². The second-order valence-electron chi connectivity index (χ2n) is 6.26. The van der Waals surface area contributed by atoms with Gasteiger partial charge < -0.3 is 10.2 Å². The predicted octanol–water partition coefficient (Wildman–Crippen LogP) is 5.03. The molecule has 1 atom stereocenters. The molecule has 4 rings (SSSR count). The second-order valence-corrected chi connectivity index (χ2v) is 7.45. The van der Waals surface area contributed by atoms with Gasteiger partial charge in [-0.15, -0.1) is 11.8 Å². The highest BCUT2D eigenvalue weighted by atomic mass is 32.2. The van der Waals surface area contributed by atoms with Crippen molar-refractivity contribution in [3.05, 3.63) is 82.4 Å². The van der Waals surface area contributed by atoms with Gasteiger partial charge in [-0.2, -0.15) is 0 Å². The third-order valence-electron chi connectivity index (χ3n) is 4.52. The third kappa shape index (κ3) is 3.59. The molecular weight excluding hydrogens is 362 g/mol. The Kier molecular flexibility index (Phi) is 4.68. The maximum absolute atomic E-state index is 12.8. The molecular formula is C20H17N3O3S. The van der Waals surface area contributed by atoms with Crippen LogP contribution in [0.25, 0.3) is 10.8 Å². The molecule has 0 bridgehead atoms. The Labute approximate surface area is 160 Å². The lowest BCUT2D eigenvalue weighted by atomic mass is 10.1. The molecule has 2 amide bonds. The number of benzene rings is 3. The van der Waals surface area contributed by atoms with Crippen LogP contribution >= 0.6 is 11.8 Å². The van der Waals surface area contributed by atoms with Crippen molar-refractivity contribution in [1.82, 2.24) is 4.90 Å². The number of nitrogens with zero attached hydrogens (tertiary/aromatic N) is 2. The summed E-state index contributed by atoms with van der Waals surface area (Å²) in [6, 6.07) is 20.0. The van der Waals surface area contributed by atoms with E-state index in [1.54, 1.807) is 28.8 Å². The van der Waals surface area contributed by atoms with Gasteiger partial charge in [0, 0.05) is 30.1 Å². The van der Waals surface area contributed by atoms with E-state index < -0.39 is 4.92 Å². The van der Waals surface area contributed by atoms with Gasteiger partial charge in [0.1, 0.15) is 5.37 Å². The van der Waals surface area contributed by atoms with Crippen LogP contribution in [0.2, 0.25) is 0 Å². The van der Waals surface area contributed by atoms with Crippen molar-refractivity contribution in [2.24, 2.45) is 0 Å². The Bertz CT molecular complexity index is 1020. The summed E-state index contributed by atoms with van der Waals surface area (Å²) in [4.78, 5) is 25.2. The first-order valence-electron chi connectivity index (χ1n) is 8.54. The Morgan fingerprint density at radius 1 is 1.07 bits per heavy atom. The van der Waals surface area contributed by atoms with Gasteiger partial charge in [-0.3, -0.25) is 10.1 Å². The third-order valence-corrected chi connectivity index (χ3v) is 5.78. The van der Waals surface area contributed by atoms with E-state index in [0.717, 1.165) is 27.8 Å². The fraction of sp³-hybridized carbons (Fsp3) is 0.150. The maximum atomic E-state index is 12.8. The molecule has 0 spiro atoms. The van der Waals surface area contributed by atoms with Crippen molar-refractivity contribution < 1.29 is 9.72 Å². The van der Waals surface area contributed by atoms with E-state index in [1.165, 1.54) is 6.07 Å². The van der Waals surface area contributed by atoms with E-state index in [1.807, 2.05) is 48.5 Å². The fourth-order valence-corrected chi connectivity index (χ4v) is 4.45. The molecule has 3 aromatic carbocycles. The van der Waals surface area contributed by atoms with Gasteiger partial charge in [0.2, 0.25) is 0 Å². The summed E-state index contributed by atoms with van der Waals surface area (Å²) in [5.74, 6) is 0.790. The first-order chi connectivity index (χ1) is 13.1. The Morgan fingerprint density at radius 3 is 2.70 bits per heavy atom. The maximum Gasteiger partial charge on any atom is 0.323 e. The van der Waals surface area contributed by atoms with Crippen LogP contribution in [0.5, 0.6) is 0 Å². The number of non-ortho nitro benzene ring substituents is 1. The van der Waals surface area contributed by atoms with Gasteiger partial charge in [-0.25, -0.2) is 4.79 Å². The van der Waals surface area contributed by atoms with Gasteiger partial charge in [0.15, 0.2) is 0 Å². The average molecular weight is 379 g/mol. The first-order valence-corrected chi connectivity index (χ1v) is 9.59. The molecule has 7 heteroatoms. The second kappa shape index (κ2) is 7.28. The minimum absolute atomic E-state index is 0.0369. The lowest BCUT2D eigenvalue weighted by molar-refractivity contribution is -0.384. The van der Waals surface area contributed by atoms with Gasteiger partial charge in [-0.1, -0.05) is 42.5 Å². The highest BCUT2D eigenvalue weighted by Gasteiger charge is 2.31. The van der Waals surface area contributed by atoms with Crippen molar-refractivity contribution in [2.75, 3.05) is 17.6 Å². The lowest BCUT2D eigenvalue weighted by Crippen LogP contribution is -2.34. The average Bonchev–Trinajstić information content (AvgIpc) is 3.18. The van der Waals surface area contributed by atoms with Crippen LogP contribution in [0.15, 0.2) is 66.7 Å². The number of rotatable bonds is 3. The van der Waals surface area contributed by atoms with E-state index in [0.29, 0.717) is 6.54 Å². The minimum Gasteiger partial charge on any atom is -0.308 e. The minimum atomic E-state index is -0.414. The normalized spacial score (nSPS) is 16.4. The molecule has 0 saturated carbocycles. The number of nitro groups is 1. The van der Waals surface area contributed by atoms with Crippen LogP contribution in [-0.4, -0.2) is 28.2 Å². The molecule has 0 aromatic heterocycles. The molecule has 27 heavy (non-hydrogen) atoms. The van der Waals surface area contributed by atoms with E-state index >= 15 is 0 Å². The SMILES string of the molecule is O=C(Nc1ccc2ccccc2c1)N1CCS[C@H]1c1cccc([N+](=O)[O-])c1. The van der Waals surface area contributed by atoms with Crippen LogP contribution in [-0.2, 0) is 0 Å². The molecule has 1 aliphatic rings. The zero-order valence-electron chi connectivity index (χ0n) is 14.4. The summed E-state index contributed by atoms with van der Waals surface area (Å²) in [5.41, 5.74) is 1.53. The molecule has 0 aliphatic carbocycles. The Morgan fingerprint density at radius 2 is 1.89 bits per heavy atom. The number of hydrogen-bond acceptors (Lipinski definition) is 4. The van der Waals surface area contributed by atoms with Crippen molar-refractivity contribution >= 4 is 39.9 Å². The van der Waals surface area contributed by atoms with Crippen LogP contribution in [0, 0.1) is 10.1 Å². The molecule has 0 radical (unpaired) electrons. The summed E-state index contributed by atoms with van der Waals surface area (Å²) in [5, 5.41) is 15.9. The molecule has 3 aromatic rings. The highest BCUT2D eigenvalue weighted by Crippen LogP contribution is 2.39. The fourth-order valence-electron chi connectivity index (χ4n) is 3.21. The molecule has 1 aliphatic heterocycles. The largest absolute Gasteiger partial charge is 0.323 e. The number of carbonyl (C=O) groups excluding carboxylic acids is 1. The van der Waals surface area contributed by atoms with Crippen LogP contribution in [0.1, 0.15) is 10.9 Å². The number of hydrogen-bond donors (Lipinski definition) is 1. The number of fused-ring (bicyclic) bond motifs is 1. The number of carbonyl (C=O) groups is 1. The van der Waals surface area contributed by atoms with Crippen molar-refractivity contribution in [2.45, 2.75) is 5.37 Å². The molecule has 1 fully saturated rings. The van der Waals surface area contributed by atoms with E-state index in [-0.39, 0.29) is 17.1 Å². The quantitative estimate of drug-likeness (QED) is 0.512. The monoisotopic (exact) mass is 379 g/mol. The van der Waals surface area contributed by atoms with Gasteiger partial charge in [0.25, 0.3) is 5.69 Å². The number of nitro benzene ring substituents is 1. The summed E-state index contributed by atoms with van der Waals surface area (Å²) in [6.45, 7) is 0.595. The number of urea groups is 1. The molecule has 136 valence electrons. The first kappa shape index (κ1) is 17.4. The molecule has 1 N–H and O–H groups in total. The predicted molar refractivity (Wildman–Crippen MR) is 108 cm³/mol. The Balaban J connectivity index is 1.55. The van der Waals surface area contributed by atoms with E-state index in [9.17, 15) is 14.9 Å². The van der Waals surface area contributed by atoms with E-state index in [2.05, 4.69) is 5.32 Å². The molecule has 6 nitrogen and oxygen atoms in total.